The predicted octanol–water partition coefficient (Wildman–Crippen LogP) is 5.97. The summed E-state index contributed by atoms with van der Waals surface area (Å²) in [4.78, 5) is 17.3. The molecule has 0 saturated carbocycles. The lowest BCUT2D eigenvalue weighted by Crippen LogP contribution is -2.10. The highest BCUT2D eigenvalue weighted by molar-refractivity contribution is 7.21. The second kappa shape index (κ2) is 7.07. The molecule has 6 heteroatoms. The van der Waals surface area contributed by atoms with Crippen molar-refractivity contribution in [2.24, 2.45) is 0 Å². The van der Waals surface area contributed by atoms with Crippen molar-refractivity contribution in [2.75, 3.05) is 12.4 Å². The van der Waals surface area contributed by atoms with Crippen molar-refractivity contribution in [3.05, 3.63) is 78.6 Å². The number of hydrogen-bond donors (Lipinski definition) is 1. The second-order valence-corrected chi connectivity index (χ2v) is 7.54. The van der Waals surface area contributed by atoms with Crippen LogP contribution in [0.3, 0.4) is 0 Å². The fraction of sp³-hybridized carbons (Fsp3) is 0.0435. The van der Waals surface area contributed by atoms with Gasteiger partial charge in [0.05, 0.1) is 17.3 Å². The van der Waals surface area contributed by atoms with E-state index < -0.39 is 0 Å². The van der Waals surface area contributed by atoms with E-state index in [1.54, 1.807) is 30.6 Å². The molecule has 0 fully saturated rings. The van der Waals surface area contributed by atoms with E-state index >= 15 is 0 Å². The molecule has 2 aromatic heterocycles. The van der Waals surface area contributed by atoms with Gasteiger partial charge in [-0.1, -0.05) is 24.3 Å². The number of carbonyl (C=O) groups is 1. The molecule has 5 nitrogen and oxygen atoms in total. The van der Waals surface area contributed by atoms with Crippen LogP contribution in [0.1, 0.15) is 10.6 Å². The van der Waals surface area contributed by atoms with Gasteiger partial charge in [0.25, 0.3) is 5.91 Å². The molecule has 142 valence electrons. The number of nitrogens with zero attached hydrogens (tertiary/aromatic N) is 1. The standard InChI is InChI=1S/C23H16N2O3S/c1-27-18-7-4-5-15-13-19(28-21(15)18)22(26)24-16-11-9-14(10-12-16)23-25-17-6-2-3-8-20(17)29-23/h2-13H,1H3,(H,24,26). The third-order valence-corrected chi connectivity index (χ3v) is 5.72. The van der Waals surface area contributed by atoms with Gasteiger partial charge in [-0.25, -0.2) is 4.98 Å². The van der Waals surface area contributed by atoms with Gasteiger partial charge in [0.2, 0.25) is 0 Å². The third-order valence-electron chi connectivity index (χ3n) is 4.64. The van der Waals surface area contributed by atoms with E-state index in [0.717, 1.165) is 26.2 Å². The van der Waals surface area contributed by atoms with Crippen LogP contribution in [0.4, 0.5) is 5.69 Å². The van der Waals surface area contributed by atoms with Crippen molar-refractivity contribution >= 4 is 44.1 Å². The fourth-order valence-electron chi connectivity index (χ4n) is 3.19. The van der Waals surface area contributed by atoms with Gasteiger partial charge in [0.1, 0.15) is 5.01 Å². The summed E-state index contributed by atoms with van der Waals surface area (Å²) in [5.74, 6) is 0.525. The number of furan rings is 1. The molecule has 3 aromatic carbocycles. The van der Waals surface area contributed by atoms with Gasteiger partial charge in [0.15, 0.2) is 17.1 Å². The Labute approximate surface area is 170 Å². The fourth-order valence-corrected chi connectivity index (χ4v) is 4.16. The molecular formula is C23H16N2O3S. The van der Waals surface area contributed by atoms with Gasteiger partial charge < -0.3 is 14.5 Å². The number of rotatable bonds is 4. The van der Waals surface area contributed by atoms with Gasteiger partial charge >= 0.3 is 0 Å². The molecule has 0 unspecified atom stereocenters. The summed E-state index contributed by atoms with van der Waals surface area (Å²) in [5, 5.41) is 4.64. The van der Waals surface area contributed by atoms with Crippen LogP contribution in [0.25, 0.3) is 31.8 Å². The zero-order chi connectivity index (χ0) is 19.8. The summed E-state index contributed by atoms with van der Waals surface area (Å²) in [6.07, 6.45) is 0. The van der Waals surface area contributed by atoms with Crippen molar-refractivity contribution in [2.45, 2.75) is 0 Å². The van der Waals surface area contributed by atoms with E-state index in [2.05, 4.69) is 16.4 Å². The maximum absolute atomic E-state index is 12.6. The topological polar surface area (TPSA) is 64.4 Å². The first-order valence-electron chi connectivity index (χ1n) is 9.05. The van der Waals surface area contributed by atoms with Crippen LogP contribution in [0.15, 0.2) is 77.2 Å². The van der Waals surface area contributed by atoms with Crippen LogP contribution in [-0.2, 0) is 0 Å². The van der Waals surface area contributed by atoms with E-state index in [4.69, 9.17) is 9.15 Å². The number of thiazole rings is 1. The van der Waals surface area contributed by atoms with Crippen LogP contribution in [0.5, 0.6) is 5.75 Å². The first-order chi connectivity index (χ1) is 14.2. The van der Waals surface area contributed by atoms with Crippen LogP contribution >= 0.6 is 11.3 Å². The molecule has 0 bridgehead atoms. The Balaban J connectivity index is 1.37. The number of hydrogen-bond acceptors (Lipinski definition) is 5. The molecule has 0 radical (unpaired) electrons. The summed E-state index contributed by atoms with van der Waals surface area (Å²) < 4.78 is 12.1. The number of nitrogens with one attached hydrogen (secondary N) is 1. The molecule has 29 heavy (non-hydrogen) atoms. The lowest BCUT2D eigenvalue weighted by atomic mass is 10.2. The number of carbonyl (C=O) groups excluding carboxylic acids is 1. The number of methoxy groups -OCH3 is 1. The quantitative estimate of drug-likeness (QED) is 0.404. The Morgan fingerprint density at radius 2 is 1.86 bits per heavy atom. The van der Waals surface area contributed by atoms with Crippen LogP contribution in [-0.4, -0.2) is 18.0 Å². The van der Waals surface area contributed by atoms with Crippen LogP contribution in [0.2, 0.25) is 0 Å². The van der Waals surface area contributed by atoms with Gasteiger partial charge in [0, 0.05) is 16.6 Å². The maximum Gasteiger partial charge on any atom is 0.291 e. The van der Waals surface area contributed by atoms with E-state index in [1.807, 2.05) is 54.6 Å². The average molecular weight is 400 g/mol. The summed E-state index contributed by atoms with van der Waals surface area (Å²) in [6, 6.07) is 22.9. The molecule has 5 rings (SSSR count). The van der Waals surface area contributed by atoms with Gasteiger partial charge in [-0.15, -0.1) is 11.3 Å². The van der Waals surface area contributed by atoms with Gasteiger partial charge in [-0.3, -0.25) is 4.79 Å². The lowest BCUT2D eigenvalue weighted by molar-refractivity contribution is 0.0998. The van der Waals surface area contributed by atoms with Crippen LogP contribution < -0.4 is 10.1 Å². The number of anilines is 1. The third kappa shape index (κ3) is 3.23. The normalized spacial score (nSPS) is 11.1. The predicted molar refractivity (Wildman–Crippen MR) is 116 cm³/mol. The monoisotopic (exact) mass is 400 g/mol. The van der Waals surface area contributed by atoms with E-state index in [9.17, 15) is 4.79 Å². The molecule has 1 N–H and O–H groups in total. The molecule has 5 aromatic rings. The highest BCUT2D eigenvalue weighted by Crippen LogP contribution is 2.31. The number of ether oxygens (including phenoxy) is 1. The zero-order valence-electron chi connectivity index (χ0n) is 15.5. The highest BCUT2D eigenvalue weighted by Gasteiger charge is 2.15. The minimum absolute atomic E-state index is 0.236. The van der Waals surface area contributed by atoms with Gasteiger partial charge in [-0.2, -0.15) is 0 Å². The number of amides is 1. The minimum atomic E-state index is -0.309. The molecule has 0 atom stereocenters. The summed E-state index contributed by atoms with van der Waals surface area (Å²) >= 11 is 1.65. The van der Waals surface area contributed by atoms with E-state index in [1.165, 1.54) is 0 Å². The Morgan fingerprint density at radius 1 is 1.03 bits per heavy atom. The Bertz CT molecular complexity index is 1300. The molecular weight excluding hydrogens is 384 g/mol. The minimum Gasteiger partial charge on any atom is -0.493 e. The number of aromatic nitrogens is 1. The van der Waals surface area contributed by atoms with E-state index in [-0.39, 0.29) is 11.7 Å². The first-order valence-corrected chi connectivity index (χ1v) is 9.87. The van der Waals surface area contributed by atoms with Crippen molar-refractivity contribution < 1.29 is 13.9 Å². The number of benzene rings is 3. The summed E-state index contributed by atoms with van der Waals surface area (Å²) in [6.45, 7) is 0. The Kier molecular flexibility index (Phi) is 4.26. The number of fused-ring (bicyclic) bond motifs is 2. The van der Waals surface area contributed by atoms with Gasteiger partial charge in [-0.05, 0) is 48.5 Å². The highest BCUT2D eigenvalue weighted by atomic mass is 32.1. The molecule has 0 aliphatic rings. The smallest absolute Gasteiger partial charge is 0.291 e. The van der Waals surface area contributed by atoms with Crippen LogP contribution in [0, 0.1) is 0 Å². The SMILES string of the molecule is COc1cccc2cc(C(=O)Nc3ccc(-c4nc5ccccc5s4)cc3)oc12. The summed E-state index contributed by atoms with van der Waals surface area (Å²) in [7, 11) is 1.57. The molecule has 1 amide bonds. The average Bonchev–Trinajstić information content (AvgIpc) is 3.38. The maximum atomic E-state index is 12.6. The largest absolute Gasteiger partial charge is 0.493 e. The Hall–Kier alpha value is -3.64. The molecule has 0 saturated heterocycles. The lowest BCUT2D eigenvalue weighted by Gasteiger charge is -2.04. The molecule has 0 aliphatic carbocycles. The van der Waals surface area contributed by atoms with Crippen molar-refractivity contribution in [1.82, 2.24) is 4.98 Å². The molecule has 0 aliphatic heterocycles. The second-order valence-electron chi connectivity index (χ2n) is 6.51. The summed E-state index contributed by atoms with van der Waals surface area (Å²) in [5.41, 5.74) is 3.25. The molecule has 2 heterocycles. The first kappa shape index (κ1) is 17.5. The Morgan fingerprint density at radius 3 is 2.66 bits per heavy atom. The van der Waals surface area contributed by atoms with E-state index in [0.29, 0.717) is 17.0 Å². The zero-order valence-corrected chi connectivity index (χ0v) is 16.3. The number of para-hydroxylation sites is 2. The van der Waals surface area contributed by atoms with Crippen molar-refractivity contribution in [3.8, 4) is 16.3 Å². The van der Waals surface area contributed by atoms with Crippen molar-refractivity contribution in [1.29, 1.82) is 0 Å². The van der Waals surface area contributed by atoms with Crippen molar-refractivity contribution in [3.63, 3.8) is 0 Å². The molecule has 0 spiro atoms.